The lowest BCUT2D eigenvalue weighted by Crippen LogP contribution is -2.14. The number of fused-ring (bicyclic) bond motifs is 1. The quantitative estimate of drug-likeness (QED) is 0.745. The van der Waals surface area contributed by atoms with Crippen molar-refractivity contribution >= 4 is 16.9 Å². The van der Waals surface area contributed by atoms with Crippen LogP contribution in [-0.4, -0.2) is 34.3 Å². The first kappa shape index (κ1) is 13.5. The maximum Gasteiger partial charge on any atom is 0.244 e. The lowest BCUT2D eigenvalue weighted by atomic mass is 10.1. The van der Waals surface area contributed by atoms with E-state index < -0.39 is 0 Å². The first-order chi connectivity index (χ1) is 10.2. The molecule has 0 unspecified atom stereocenters. The van der Waals surface area contributed by atoms with E-state index in [0.29, 0.717) is 12.5 Å². The molecule has 3 rings (SSSR count). The van der Waals surface area contributed by atoms with Crippen LogP contribution in [0, 0.1) is 0 Å². The summed E-state index contributed by atoms with van der Waals surface area (Å²) in [5, 5.41) is 11.6. The number of anilines is 1. The molecule has 6 nitrogen and oxygen atoms in total. The van der Waals surface area contributed by atoms with Crippen LogP contribution in [0.3, 0.4) is 0 Å². The Morgan fingerprint density at radius 2 is 2.05 bits per heavy atom. The summed E-state index contributed by atoms with van der Waals surface area (Å²) < 4.78 is 0. The normalized spacial score (nSPS) is 11.0. The summed E-state index contributed by atoms with van der Waals surface area (Å²) in [7, 11) is 3.84. The van der Waals surface area contributed by atoms with Gasteiger partial charge in [-0.25, -0.2) is 0 Å². The van der Waals surface area contributed by atoms with Gasteiger partial charge in [-0.1, -0.05) is 18.2 Å². The van der Waals surface area contributed by atoms with Crippen LogP contribution in [0.4, 0.5) is 5.95 Å². The molecule has 2 aromatic heterocycles. The fourth-order valence-electron chi connectivity index (χ4n) is 2.20. The average Bonchev–Trinajstić information content (AvgIpc) is 2.97. The fraction of sp³-hybridized carbons (Fsp3) is 0.267. The van der Waals surface area contributed by atoms with Crippen LogP contribution >= 0.6 is 0 Å². The van der Waals surface area contributed by atoms with Gasteiger partial charge < -0.3 is 10.2 Å². The van der Waals surface area contributed by atoms with Crippen molar-refractivity contribution in [1.82, 2.24) is 25.5 Å². The van der Waals surface area contributed by atoms with Gasteiger partial charge in [0, 0.05) is 32.2 Å². The van der Waals surface area contributed by atoms with Crippen molar-refractivity contribution < 1.29 is 0 Å². The minimum atomic E-state index is 0.650. The Labute approximate surface area is 123 Å². The van der Waals surface area contributed by atoms with Crippen molar-refractivity contribution in [3.63, 3.8) is 0 Å². The second-order valence-corrected chi connectivity index (χ2v) is 5.07. The van der Waals surface area contributed by atoms with Crippen LogP contribution in [-0.2, 0) is 13.1 Å². The Balaban J connectivity index is 1.66. The van der Waals surface area contributed by atoms with Gasteiger partial charge in [0.15, 0.2) is 0 Å². The molecular formula is C15H18N6. The molecular weight excluding hydrogens is 264 g/mol. The van der Waals surface area contributed by atoms with E-state index in [4.69, 9.17) is 0 Å². The lowest BCUT2D eigenvalue weighted by Gasteiger charge is -2.07. The van der Waals surface area contributed by atoms with Crippen molar-refractivity contribution in [2.75, 3.05) is 19.0 Å². The second kappa shape index (κ2) is 5.88. The summed E-state index contributed by atoms with van der Waals surface area (Å²) >= 11 is 0. The molecule has 0 atom stereocenters. The number of rotatable bonds is 5. The number of aromatic nitrogens is 4. The molecule has 0 saturated heterocycles. The van der Waals surface area contributed by atoms with Crippen molar-refractivity contribution in [2.24, 2.45) is 0 Å². The third kappa shape index (κ3) is 3.00. The predicted octanol–water partition coefficient (Wildman–Crippen LogP) is 1.71. The molecule has 108 valence electrons. The Morgan fingerprint density at radius 1 is 1.14 bits per heavy atom. The van der Waals surface area contributed by atoms with E-state index >= 15 is 0 Å². The summed E-state index contributed by atoms with van der Waals surface area (Å²) in [6.45, 7) is 1.42. The Bertz CT molecular complexity index is 728. The van der Waals surface area contributed by atoms with Crippen LogP contribution in [0.2, 0.25) is 0 Å². The highest BCUT2D eigenvalue weighted by Crippen LogP contribution is 2.16. The molecule has 0 spiro atoms. The summed E-state index contributed by atoms with van der Waals surface area (Å²) in [4.78, 5) is 10.6. The number of hydrogen-bond donors (Lipinski definition) is 2. The molecule has 0 aliphatic carbocycles. The minimum Gasteiger partial charge on any atom is -0.346 e. The smallest absolute Gasteiger partial charge is 0.244 e. The molecule has 1 aromatic carbocycles. The summed E-state index contributed by atoms with van der Waals surface area (Å²) in [6, 6.07) is 10.2. The molecule has 0 aliphatic rings. The third-order valence-electron chi connectivity index (χ3n) is 3.26. The predicted molar refractivity (Wildman–Crippen MR) is 83.0 cm³/mol. The highest BCUT2D eigenvalue weighted by atomic mass is 15.3. The van der Waals surface area contributed by atoms with Crippen LogP contribution < -0.4 is 10.2 Å². The van der Waals surface area contributed by atoms with Crippen molar-refractivity contribution in [3.8, 4) is 0 Å². The van der Waals surface area contributed by atoms with Gasteiger partial charge in [-0.2, -0.15) is 4.98 Å². The molecule has 0 bridgehead atoms. The van der Waals surface area contributed by atoms with Gasteiger partial charge in [0.1, 0.15) is 5.82 Å². The first-order valence-corrected chi connectivity index (χ1v) is 6.86. The van der Waals surface area contributed by atoms with E-state index in [2.05, 4.69) is 37.6 Å². The van der Waals surface area contributed by atoms with E-state index in [1.807, 2.05) is 43.4 Å². The van der Waals surface area contributed by atoms with E-state index in [1.54, 1.807) is 0 Å². The molecule has 0 fully saturated rings. The first-order valence-electron chi connectivity index (χ1n) is 6.86. The third-order valence-corrected chi connectivity index (χ3v) is 3.26. The Kier molecular flexibility index (Phi) is 3.79. The van der Waals surface area contributed by atoms with Gasteiger partial charge in [0.25, 0.3) is 0 Å². The largest absolute Gasteiger partial charge is 0.346 e. The molecule has 21 heavy (non-hydrogen) atoms. The van der Waals surface area contributed by atoms with Gasteiger partial charge in [0.2, 0.25) is 5.95 Å². The standard InChI is InChI=1S/C15H18N6/c1-21(2)15-18-14(19-20-15)10-16-9-11-5-3-7-13-12(11)6-4-8-17-13/h3-8,16H,9-10H2,1-2H3,(H,18,19,20). The number of benzene rings is 1. The summed E-state index contributed by atoms with van der Waals surface area (Å²) in [6.07, 6.45) is 1.82. The number of pyridine rings is 1. The zero-order valence-electron chi connectivity index (χ0n) is 12.2. The number of aromatic amines is 1. The van der Waals surface area contributed by atoms with Gasteiger partial charge >= 0.3 is 0 Å². The summed E-state index contributed by atoms with van der Waals surface area (Å²) in [5.74, 6) is 1.53. The molecule has 0 aliphatic heterocycles. The topological polar surface area (TPSA) is 69.7 Å². The van der Waals surface area contributed by atoms with E-state index in [0.717, 1.165) is 17.9 Å². The molecule has 0 amide bonds. The number of hydrogen-bond acceptors (Lipinski definition) is 5. The zero-order chi connectivity index (χ0) is 14.7. The monoisotopic (exact) mass is 282 g/mol. The number of nitrogens with one attached hydrogen (secondary N) is 2. The van der Waals surface area contributed by atoms with Crippen LogP contribution in [0.1, 0.15) is 11.4 Å². The SMILES string of the molecule is CN(C)c1n[nH]c(CNCc2cccc3ncccc23)n1. The number of nitrogens with zero attached hydrogens (tertiary/aromatic N) is 4. The average molecular weight is 282 g/mol. The molecule has 0 radical (unpaired) electrons. The maximum atomic E-state index is 4.39. The zero-order valence-corrected chi connectivity index (χ0v) is 12.2. The summed E-state index contributed by atoms with van der Waals surface area (Å²) in [5.41, 5.74) is 2.25. The van der Waals surface area contributed by atoms with Crippen LogP contribution in [0.25, 0.3) is 10.9 Å². The number of H-pyrrole nitrogens is 1. The Hall–Kier alpha value is -2.47. The molecule has 3 aromatic rings. The lowest BCUT2D eigenvalue weighted by molar-refractivity contribution is 0.667. The van der Waals surface area contributed by atoms with Crippen molar-refractivity contribution in [1.29, 1.82) is 0 Å². The fourth-order valence-corrected chi connectivity index (χ4v) is 2.20. The van der Waals surface area contributed by atoms with Gasteiger partial charge in [-0.05, 0) is 17.7 Å². The second-order valence-electron chi connectivity index (χ2n) is 5.07. The van der Waals surface area contributed by atoms with Crippen molar-refractivity contribution in [3.05, 3.63) is 47.9 Å². The molecule has 6 heteroatoms. The molecule has 2 heterocycles. The highest BCUT2D eigenvalue weighted by Gasteiger charge is 2.05. The highest BCUT2D eigenvalue weighted by molar-refractivity contribution is 5.81. The van der Waals surface area contributed by atoms with E-state index in [9.17, 15) is 0 Å². The van der Waals surface area contributed by atoms with Gasteiger partial charge in [-0.3, -0.25) is 10.1 Å². The Morgan fingerprint density at radius 3 is 2.86 bits per heavy atom. The van der Waals surface area contributed by atoms with Crippen LogP contribution in [0.15, 0.2) is 36.5 Å². The van der Waals surface area contributed by atoms with E-state index in [1.165, 1.54) is 10.9 Å². The van der Waals surface area contributed by atoms with Gasteiger partial charge in [-0.15, -0.1) is 5.10 Å². The van der Waals surface area contributed by atoms with Gasteiger partial charge in [0.05, 0.1) is 12.1 Å². The van der Waals surface area contributed by atoms with Crippen molar-refractivity contribution in [2.45, 2.75) is 13.1 Å². The molecule has 2 N–H and O–H groups in total. The minimum absolute atomic E-state index is 0.650. The molecule has 0 saturated carbocycles. The maximum absolute atomic E-state index is 4.39. The van der Waals surface area contributed by atoms with E-state index in [-0.39, 0.29) is 0 Å². The van der Waals surface area contributed by atoms with Crippen LogP contribution in [0.5, 0.6) is 0 Å².